The van der Waals surface area contributed by atoms with Crippen molar-refractivity contribution in [2.24, 2.45) is 0 Å². The average Bonchev–Trinajstić information content (AvgIpc) is 2.95. The van der Waals surface area contributed by atoms with Crippen LogP contribution in [0.1, 0.15) is 44.6 Å². The molecule has 1 aliphatic carbocycles. The second-order valence-corrected chi connectivity index (χ2v) is 5.61. The number of fused-ring (bicyclic) bond motifs is 3. The van der Waals surface area contributed by atoms with Gasteiger partial charge in [-0.25, -0.2) is 0 Å². The number of rotatable bonds is 1. The molecule has 6 nitrogen and oxygen atoms in total. The molecule has 1 aliphatic rings. The zero-order valence-corrected chi connectivity index (χ0v) is 11.3. The highest BCUT2D eigenvalue weighted by atomic mass is 15.3. The number of hydrogen-bond donors (Lipinski definition) is 2. The number of H-pyrrole nitrogens is 1. The summed E-state index contributed by atoms with van der Waals surface area (Å²) >= 11 is 0. The first-order chi connectivity index (χ1) is 9.84. The summed E-state index contributed by atoms with van der Waals surface area (Å²) < 4.78 is 2.10. The van der Waals surface area contributed by atoms with Gasteiger partial charge in [0.2, 0.25) is 0 Å². The fourth-order valence-electron chi connectivity index (χ4n) is 3.29. The van der Waals surface area contributed by atoms with Gasteiger partial charge in [-0.15, -0.1) is 10.2 Å². The molecule has 0 radical (unpaired) electrons. The lowest BCUT2D eigenvalue weighted by molar-refractivity contribution is 0.419. The van der Waals surface area contributed by atoms with Crippen LogP contribution in [-0.4, -0.2) is 25.0 Å². The van der Waals surface area contributed by atoms with Gasteiger partial charge in [-0.3, -0.25) is 4.68 Å². The largest absolute Gasteiger partial charge is 0.380 e. The van der Waals surface area contributed by atoms with Gasteiger partial charge in [0.1, 0.15) is 5.52 Å². The number of nitrogen functional groups attached to an aromatic ring is 1. The molecule has 0 aromatic carbocycles. The molecule has 0 amide bonds. The van der Waals surface area contributed by atoms with Gasteiger partial charge in [-0.05, 0) is 18.9 Å². The molecule has 1 fully saturated rings. The Morgan fingerprint density at radius 3 is 2.75 bits per heavy atom. The molecule has 104 valence electrons. The zero-order chi connectivity index (χ0) is 13.5. The van der Waals surface area contributed by atoms with E-state index >= 15 is 0 Å². The number of aromatic nitrogens is 5. The smallest absolute Gasteiger partial charge is 0.174 e. The Kier molecular flexibility index (Phi) is 2.61. The second-order valence-electron chi connectivity index (χ2n) is 5.61. The number of nitrogens with zero attached hydrogens (tertiary/aromatic N) is 4. The fourth-order valence-corrected chi connectivity index (χ4v) is 3.29. The lowest BCUT2D eigenvalue weighted by atomic mass is 10.1. The maximum atomic E-state index is 6.04. The molecule has 0 spiro atoms. The molecule has 3 aromatic rings. The Balaban J connectivity index is 1.95. The molecule has 3 N–H and O–H groups in total. The van der Waals surface area contributed by atoms with Crippen LogP contribution in [0.2, 0.25) is 0 Å². The van der Waals surface area contributed by atoms with Crippen molar-refractivity contribution < 1.29 is 0 Å². The van der Waals surface area contributed by atoms with Crippen molar-refractivity contribution in [3.8, 4) is 0 Å². The summed E-state index contributed by atoms with van der Waals surface area (Å²) in [4.78, 5) is 3.11. The number of nitrogens with two attached hydrogens (primary N) is 1. The molecule has 20 heavy (non-hydrogen) atoms. The van der Waals surface area contributed by atoms with Crippen LogP contribution in [0.15, 0.2) is 12.3 Å². The molecule has 3 aromatic heterocycles. The summed E-state index contributed by atoms with van der Waals surface area (Å²) in [5.41, 5.74) is 8.59. The van der Waals surface area contributed by atoms with E-state index in [2.05, 4.69) is 25.0 Å². The topological polar surface area (TPSA) is 85.4 Å². The second kappa shape index (κ2) is 4.47. The minimum absolute atomic E-state index is 0.430. The monoisotopic (exact) mass is 270 g/mol. The van der Waals surface area contributed by atoms with Gasteiger partial charge in [0.25, 0.3) is 0 Å². The van der Waals surface area contributed by atoms with E-state index in [4.69, 9.17) is 5.73 Å². The van der Waals surface area contributed by atoms with Crippen LogP contribution in [-0.2, 0) is 0 Å². The first-order valence-corrected chi connectivity index (χ1v) is 7.32. The quantitative estimate of drug-likeness (QED) is 0.666. The van der Waals surface area contributed by atoms with Crippen LogP contribution in [0.25, 0.3) is 22.1 Å². The highest BCUT2D eigenvalue weighted by Crippen LogP contribution is 2.33. The SMILES string of the molecule is Nc1nn(C2CCCCCC2)c2c1nnc1[nH]ccc12. The van der Waals surface area contributed by atoms with Crippen molar-refractivity contribution in [3.05, 3.63) is 12.3 Å². The van der Waals surface area contributed by atoms with Gasteiger partial charge in [0, 0.05) is 11.6 Å². The molecule has 0 unspecified atom stereocenters. The molecule has 0 atom stereocenters. The van der Waals surface area contributed by atoms with Crippen LogP contribution < -0.4 is 5.73 Å². The van der Waals surface area contributed by atoms with E-state index in [-0.39, 0.29) is 0 Å². The Bertz CT molecular complexity index is 748. The summed E-state index contributed by atoms with van der Waals surface area (Å²) in [6.07, 6.45) is 9.41. The van der Waals surface area contributed by atoms with Crippen LogP contribution in [0.3, 0.4) is 0 Å². The molecule has 1 saturated carbocycles. The average molecular weight is 270 g/mol. The highest BCUT2D eigenvalue weighted by Gasteiger charge is 2.21. The molecule has 4 rings (SSSR count). The van der Waals surface area contributed by atoms with Crippen molar-refractivity contribution in [2.45, 2.75) is 44.6 Å². The van der Waals surface area contributed by atoms with Crippen molar-refractivity contribution in [3.63, 3.8) is 0 Å². The fraction of sp³-hybridized carbons (Fsp3) is 0.500. The molecule has 0 bridgehead atoms. The van der Waals surface area contributed by atoms with Crippen molar-refractivity contribution in [2.75, 3.05) is 5.73 Å². The van der Waals surface area contributed by atoms with Gasteiger partial charge in [-0.1, -0.05) is 25.7 Å². The molecule has 0 aliphatic heterocycles. The van der Waals surface area contributed by atoms with Gasteiger partial charge in [-0.2, -0.15) is 5.10 Å². The molecular weight excluding hydrogens is 252 g/mol. The number of anilines is 1. The third kappa shape index (κ3) is 1.67. The van der Waals surface area contributed by atoms with E-state index in [0.29, 0.717) is 11.9 Å². The number of aromatic amines is 1. The first-order valence-electron chi connectivity index (χ1n) is 7.32. The Labute approximate surface area is 116 Å². The van der Waals surface area contributed by atoms with E-state index < -0.39 is 0 Å². The van der Waals surface area contributed by atoms with Crippen molar-refractivity contribution in [1.82, 2.24) is 25.0 Å². The third-order valence-electron chi connectivity index (χ3n) is 4.31. The predicted octanol–water partition coefficient (Wildman–Crippen LogP) is 2.79. The summed E-state index contributed by atoms with van der Waals surface area (Å²) in [5.74, 6) is 0.486. The Morgan fingerprint density at radius 1 is 1.15 bits per heavy atom. The van der Waals surface area contributed by atoms with E-state index in [1.807, 2.05) is 12.3 Å². The third-order valence-corrected chi connectivity index (χ3v) is 4.31. The first kappa shape index (κ1) is 11.7. The highest BCUT2D eigenvalue weighted by molar-refractivity contribution is 6.03. The molecular formula is C14H18N6. The van der Waals surface area contributed by atoms with E-state index in [9.17, 15) is 0 Å². The lowest BCUT2D eigenvalue weighted by Crippen LogP contribution is -2.10. The Hall–Kier alpha value is -2.11. The van der Waals surface area contributed by atoms with E-state index in [1.54, 1.807) is 0 Å². The van der Waals surface area contributed by atoms with Crippen molar-refractivity contribution in [1.29, 1.82) is 0 Å². The van der Waals surface area contributed by atoms with Gasteiger partial charge in [0.05, 0.1) is 6.04 Å². The summed E-state index contributed by atoms with van der Waals surface area (Å²) in [6.45, 7) is 0. The zero-order valence-electron chi connectivity index (χ0n) is 11.3. The molecule has 0 saturated heterocycles. The van der Waals surface area contributed by atoms with E-state index in [0.717, 1.165) is 22.1 Å². The predicted molar refractivity (Wildman–Crippen MR) is 78.3 cm³/mol. The van der Waals surface area contributed by atoms with Crippen LogP contribution in [0.4, 0.5) is 5.82 Å². The van der Waals surface area contributed by atoms with Crippen LogP contribution >= 0.6 is 0 Å². The minimum atomic E-state index is 0.430. The van der Waals surface area contributed by atoms with Crippen LogP contribution in [0, 0.1) is 0 Å². The van der Waals surface area contributed by atoms with Gasteiger partial charge >= 0.3 is 0 Å². The molecule has 3 heterocycles. The summed E-state index contributed by atoms with van der Waals surface area (Å²) in [7, 11) is 0. The van der Waals surface area contributed by atoms with Crippen molar-refractivity contribution >= 4 is 27.9 Å². The number of nitrogens with one attached hydrogen (secondary N) is 1. The van der Waals surface area contributed by atoms with Gasteiger partial charge in [0.15, 0.2) is 17.0 Å². The maximum Gasteiger partial charge on any atom is 0.174 e. The molecule has 6 heteroatoms. The van der Waals surface area contributed by atoms with Crippen LogP contribution in [0.5, 0.6) is 0 Å². The van der Waals surface area contributed by atoms with E-state index in [1.165, 1.54) is 38.5 Å². The standard InChI is InChI=1S/C14H18N6/c15-13-11-12(10-7-8-16-14(10)18-17-11)20(19-13)9-5-3-1-2-4-6-9/h7-9H,1-6H2,(H2,15,19)(H,16,18). The van der Waals surface area contributed by atoms with Gasteiger partial charge < -0.3 is 10.7 Å². The minimum Gasteiger partial charge on any atom is -0.380 e. The normalized spacial score (nSPS) is 17.8. The Morgan fingerprint density at radius 2 is 1.95 bits per heavy atom. The number of hydrogen-bond acceptors (Lipinski definition) is 4. The maximum absolute atomic E-state index is 6.04. The summed E-state index contributed by atoms with van der Waals surface area (Å²) in [6, 6.07) is 2.46. The summed E-state index contributed by atoms with van der Waals surface area (Å²) in [5, 5.41) is 14.0. The lowest BCUT2D eigenvalue weighted by Gasteiger charge is -2.15.